The third kappa shape index (κ3) is 3.20. The predicted molar refractivity (Wildman–Crippen MR) is 103 cm³/mol. The Balaban J connectivity index is 2.02. The second-order valence-electron chi connectivity index (χ2n) is 9.11. The van der Waals surface area contributed by atoms with E-state index in [-0.39, 0.29) is 16.6 Å². The molecule has 0 fully saturated rings. The van der Waals surface area contributed by atoms with Gasteiger partial charge in [-0.15, -0.1) is 0 Å². The number of benzene rings is 1. The zero-order valence-electron chi connectivity index (χ0n) is 16.6. The van der Waals surface area contributed by atoms with Crippen molar-refractivity contribution in [3.63, 3.8) is 0 Å². The van der Waals surface area contributed by atoms with Crippen LogP contribution in [0.2, 0.25) is 0 Å². The molecule has 1 aliphatic carbocycles. The van der Waals surface area contributed by atoms with Gasteiger partial charge in [-0.3, -0.25) is 4.79 Å². The van der Waals surface area contributed by atoms with Crippen molar-refractivity contribution in [2.45, 2.75) is 54.3 Å². The van der Waals surface area contributed by atoms with Crippen LogP contribution in [0.1, 0.15) is 52.7 Å². The number of aryl methyl sites for hydroxylation is 1. The Morgan fingerprint density at radius 3 is 2.12 bits per heavy atom. The Hall–Kier alpha value is -2.36. The van der Waals surface area contributed by atoms with E-state index in [0.717, 1.165) is 16.7 Å². The Labute approximate surface area is 155 Å². The second-order valence-corrected chi connectivity index (χ2v) is 9.11. The maximum Gasteiger partial charge on any atom is 0.361 e. The summed E-state index contributed by atoms with van der Waals surface area (Å²) in [6.07, 6.45) is 3.75. The summed E-state index contributed by atoms with van der Waals surface area (Å²) in [7, 11) is 0. The van der Waals surface area contributed by atoms with Crippen LogP contribution in [0.25, 0.3) is 0 Å². The smallest absolute Gasteiger partial charge is 0.361 e. The fourth-order valence-corrected chi connectivity index (χ4v) is 2.95. The molecule has 1 heterocycles. The molecule has 0 aromatic heterocycles. The van der Waals surface area contributed by atoms with Crippen molar-refractivity contribution in [1.29, 1.82) is 0 Å². The van der Waals surface area contributed by atoms with Crippen LogP contribution in [0, 0.1) is 17.8 Å². The highest BCUT2D eigenvalue weighted by Gasteiger charge is 2.53. The molecule has 138 valence electrons. The number of hydrogen-bond donors (Lipinski definition) is 0. The number of nitrogens with zero attached hydrogens (tertiary/aromatic N) is 1. The molecule has 4 heteroatoms. The van der Waals surface area contributed by atoms with Gasteiger partial charge in [0.15, 0.2) is 0 Å². The van der Waals surface area contributed by atoms with E-state index >= 15 is 0 Å². The van der Waals surface area contributed by atoms with Crippen molar-refractivity contribution < 1.29 is 14.4 Å². The first-order chi connectivity index (χ1) is 11.9. The average Bonchev–Trinajstić information content (AvgIpc) is 2.93. The van der Waals surface area contributed by atoms with Gasteiger partial charge in [0.2, 0.25) is 5.78 Å². The zero-order chi connectivity index (χ0) is 19.3. The van der Waals surface area contributed by atoms with Crippen molar-refractivity contribution in [1.82, 2.24) is 0 Å². The standard InChI is InChI=1S/C22H27NO3/c1-14-8-10-15(11-9-14)19-23-26-22(25-19)13-16(20(2,3)4)12-17(18(22)24)21(5,6)7/h8-13H,1-7H3. The first-order valence-electron chi connectivity index (χ1n) is 8.95. The van der Waals surface area contributed by atoms with Gasteiger partial charge in [-0.2, -0.15) is 0 Å². The summed E-state index contributed by atoms with van der Waals surface area (Å²) in [6, 6.07) is 7.79. The van der Waals surface area contributed by atoms with E-state index < -0.39 is 5.79 Å². The molecule has 4 nitrogen and oxygen atoms in total. The van der Waals surface area contributed by atoms with Gasteiger partial charge in [0.05, 0.1) is 0 Å². The molecule has 0 amide bonds. The van der Waals surface area contributed by atoms with Crippen LogP contribution in [0.5, 0.6) is 0 Å². The highest BCUT2D eigenvalue weighted by Crippen LogP contribution is 2.43. The van der Waals surface area contributed by atoms with Crippen molar-refractivity contribution in [2.24, 2.45) is 16.0 Å². The number of hydrogen-bond acceptors (Lipinski definition) is 4. The van der Waals surface area contributed by atoms with Crippen LogP contribution in [0.15, 0.2) is 52.7 Å². The maximum atomic E-state index is 13.3. The molecule has 0 bridgehead atoms. The Bertz CT molecular complexity index is 830. The number of rotatable bonds is 1. The van der Waals surface area contributed by atoms with Gasteiger partial charge in [-0.1, -0.05) is 65.3 Å². The predicted octanol–water partition coefficient (Wildman–Crippen LogP) is 4.93. The topological polar surface area (TPSA) is 47.9 Å². The monoisotopic (exact) mass is 353 g/mol. The fraction of sp³-hybridized carbons (Fsp3) is 0.455. The lowest BCUT2D eigenvalue weighted by atomic mass is 9.73. The number of carbonyl (C=O) groups excluding carboxylic acids is 1. The molecule has 2 aliphatic rings. The van der Waals surface area contributed by atoms with Gasteiger partial charge in [0.1, 0.15) is 0 Å². The number of oxime groups is 1. The van der Waals surface area contributed by atoms with Crippen molar-refractivity contribution in [3.8, 4) is 0 Å². The summed E-state index contributed by atoms with van der Waals surface area (Å²) in [5.41, 5.74) is 3.15. The molecule has 1 aromatic carbocycles. The Morgan fingerprint density at radius 2 is 1.58 bits per heavy atom. The minimum absolute atomic E-state index is 0.149. The number of carbonyl (C=O) groups is 1. The summed E-state index contributed by atoms with van der Waals surface area (Å²) in [5.74, 6) is -1.37. The number of ether oxygens (including phenoxy) is 1. The van der Waals surface area contributed by atoms with Gasteiger partial charge in [0, 0.05) is 17.2 Å². The van der Waals surface area contributed by atoms with Crippen LogP contribution in [0.3, 0.4) is 0 Å². The largest absolute Gasteiger partial charge is 0.420 e. The minimum Gasteiger partial charge on any atom is -0.420 e. The molecule has 0 saturated carbocycles. The summed E-state index contributed by atoms with van der Waals surface area (Å²) < 4.78 is 6.04. The van der Waals surface area contributed by atoms with E-state index in [9.17, 15) is 4.79 Å². The summed E-state index contributed by atoms with van der Waals surface area (Å²) >= 11 is 0. The number of ketones is 1. The molecule has 1 unspecified atom stereocenters. The third-order valence-electron chi connectivity index (χ3n) is 4.69. The Kier molecular flexibility index (Phi) is 4.13. The highest BCUT2D eigenvalue weighted by atomic mass is 16.8. The minimum atomic E-state index is -1.51. The van der Waals surface area contributed by atoms with E-state index in [0.29, 0.717) is 11.5 Å². The van der Waals surface area contributed by atoms with Crippen molar-refractivity contribution in [3.05, 3.63) is 58.7 Å². The normalized spacial score (nSPS) is 23.2. The van der Waals surface area contributed by atoms with Gasteiger partial charge >= 0.3 is 5.79 Å². The van der Waals surface area contributed by atoms with E-state index in [1.54, 1.807) is 6.08 Å². The van der Waals surface area contributed by atoms with Gasteiger partial charge < -0.3 is 9.57 Å². The van der Waals surface area contributed by atoms with Crippen LogP contribution in [-0.4, -0.2) is 17.5 Å². The Morgan fingerprint density at radius 1 is 0.962 bits per heavy atom. The zero-order valence-corrected chi connectivity index (χ0v) is 16.6. The van der Waals surface area contributed by atoms with E-state index in [4.69, 9.17) is 9.57 Å². The molecule has 1 aromatic rings. The molecule has 26 heavy (non-hydrogen) atoms. The molecular formula is C22H27NO3. The van der Waals surface area contributed by atoms with Crippen molar-refractivity contribution >= 4 is 11.7 Å². The maximum absolute atomic E-state index is 13.3. The first-order valence-corrected chi connectivity index (χ1v) is 8.95. The molecule has 1 atom stereocenters. The fourth-order valence-electron chi connectivity index (χ4n) is 2.95. The van der Waals surface area contributed by atoms with Crippen LogP contribution >= 0.6 is 0 Å². The number of Topliss-reactive ketones (excluding diaryl/α,β-unsaturated/α-hetero) is 1. The molecule has 1 aliphatic heterocycles. The van der Waals surface area contributed by atoms with Gasteiger partial charge in [-0.05, 0) is 40.6 Å². The lowest BCUT2D eigenvalue weighted by Crippen LogP contribution is -2.45. The average molecular weight is 353 g/mol. The molecule has 0 radical (unpaired) electrons. The second kappa shape index (κ2) is 5.83. The highest BCUT2D eigenvalue weighted by molar-refractivity contribution is 6.08. The van der Waals surface area contributed by atoms with Gasteiger partial charge in [0.25, 0.3) is 5.90 Å². The summed E-state index contributed by atoms with van der Waals surface area (Å²) in [5, 5.41) is 4.10. The van der Waals surface area contributed by atoms with E-state index in [1.165, 1.54) is 0 Å². The lowest BCUT2D eigenvalue weighted by Gasteiger charge is -2.35. The molecule has 1 spiro atoms. The summed E-state index contributed by atoms with van der Waals surface area (Å²) in [4.78, 5) is 18.9. The molecular weight excluding hydrogens is 326 g/mol. The summed E-state index contributed by atoms with van der Waals surface area (Å²) in [6.45, 7) is 14.4. The van der Waals surface area contributed by atoms with E-state index in [1.807, 2.05) is 58.0 Å². The van der Waals surface area contributed by atoms with E-state index in [2.05, 4.69) is 25.9 Å². The van der Waals surface area contributed by atoms with Crippen LogP contribution in [0.4, 0.5) is 0 Å². The molecule has 3 rings (SSSR count). The quantitative estimate of drug-likeness (QED) is 0.719. The lowest BCUT2D eigenvalue weighted by molar-refractivity contribution is -0.162. The van der Waals surface area contributed by atoms with Crippen LogP contribution in [-0.2, 0) is 14.4 Å². The first kappa shape index (κ1) is 18.4. The molecule has 0 N–H and O–H groups in total. The SMILES string of the molecule is Cc1ccc(C2=NOC3(C=C(C(C)(C)C)C=C(C(C)(C)C)C3=O)O2)cc1. The van der Waals surface area contributed by atoms with Crippen LogP contribution < -0.4 is 0 Å². The van der Waals surface area contributed by atoms with Gasteiger partial charge in [-0.25, -0.2) is 0 Å². The molecule has 0 saturated heterocycles. The number of allylic oxidation sites excluding steroid dienone is 2. The third-order valence-corrected chi connectivity index (χ3v) is 4.69. The van der Waals surface area contributed by atoms with Crippen molar-refractivity contribution in [2.75, 3.05) is 0 Å².